The fourth-order valence-electron chi connectivity index (χ4n) is 1.94. The Kier molecular flexibility index (Phi) is 4.35. The molecule has 0 radical (unpaired) electrons. The van der Waals surface area contributed by atoms with E-state index in [0.717, 1.165) is 5.69 Å². The molecule has 2 rings (SSSR count). The van der Waals surface area contributed by atoms with Crippen LogP contribution in [0.2, 0.25) is 0 Å². The molecule has 8 heteroatoms. The van der Waals surface area contributed by atoms with Crippen molar-refractivity contribution in [1.82, 2.24) is 10.2 Å². The molecule has 122 valence electrons. The van der Waals surface area contributed by atoms with Crippen LogP contribution in [0.25, 0.3) is 0 Å². The Balaban J connectivity index is 2.34. The molecule has 0 bridgehead atoms. The molecule has 2 N–H and O–H groups in total. The molecule has 0 aliphatic rings. The van der Waals surface area contributed by atoms with Crippen molar-refractivity contribution >= 4 is 23.2 Å². The van der Waals surface area contributed by atoms with Crippen molar-refractivity contribution < 1.29 is 14.5 Å². The lowest BCUT2D eigenvalue weighted by molar-refractivity contribution is -0.383. The molecule has 1 heterocycles. The second kappa shape index (κ2) is 6.07. The third-order valence-corrected chi connectivity index (χ3v) is 3.26. The fraction of sp³-hybridized carbons (Fsp3) is 0.333. The Hall–Kier alpha value is -2.90. The van der Waals surface area contributed by atoms with Crippen molar-refractivity contribution in [1.29, 1.82) is 0 Å². The summed E-state index contributed by atoms with van der Waals surface area (Å²) in [6.07, 6.45) is 0. The zero-order chi connectivity index (χ0) is 17.2. The van der Waals surface area contributed by atoms with Gasteiger partial charge in [-0.15, -0.1) is 0 Å². The van der Waals surface area contributed by atoms with E-state index in [1.165, 1.54) is 25.3 Å². The highest BCUT2D eigenvalue weighted by atomic mass is 16.6. The van der Waals surface area contributed by atoms with Gasteiger partial charge in [0.2, 0.25) is 0 Å². The molecule has 2 aromatic rings. The average Bonchev–Trinajstić information content (AvgIpc) is 2.95. The molecule has 0 amide bonds. The number of esters is 1. The number of nitro benzene ring substituents is 1. The monoisotopic (exact) mass is 318 g/mol. The summed E-state index contributed by atoms with van der Waals surface area (Å²) in [5, 5.41) is 21.1. The minimum atomic E-state index is -0.630. The molecule has 0 saturated heterocycles. The highest BCUT2D eigenvalue weighted by molar-refractivity contribution is 5.91. The first-order valence-electron chi connectivity index (χ1n) is 6.92. The largest absolute Gasteiger partial charge is 0.465 e. The molecule has 8 nitrogen and oxygen atoms in total. The van der Waals surface area contributed by atoms with Gasteiger partial charge in [0.15, 0.2) is 5.82 Å². The third-order valence-electron chi connectivity index (χ3n) is 3.26. The van der Waals surface area contributed by atoms with Crippen LogP contribution in [0.1, 0.15) is 36.8 Å². The number of nitrogens with one attached hydrogen (secondary N) is 2. The first-order chi connectivity index (χ1) is 10.7. The maximum Gasteiger partial charge on any atom is 0.338 e. The number of aromatic nitrogens is 2. The van der Waals surface area contributed by atoms with Gasteiger partial charge in [-0.05, 0) is 12.1 Å². The number of benzene rings is 1. The van der Waals surface area contributed by atoms with Crippen LogP contribution in [-0.2, 0) is 10.2 Å². The Labute approximate surface area is 133 Å². The van der Waals surface area contributed by atoms with E-state index in [1.54, 1.807) is 6.07 Å². The zero-order valence-corrected chi connectivity index (χ0v) is 13.3. The summed E-state index contributed by atoms with van der Waals surface area (Å²) >= 11 is 0. The van der Waals surface area contributed by atoms with E-state index in [9.17, 15) is 14.9 Å². The van der Waals surface area contributed by atoms with Crippen molar-refractivity contribution in [2.75, 3.05) is 12.4 Å². The van der Waals surface area contributed by atoms with E-state index >= 15 is 0 Å². The smallest absolute Gasteiger partial charge is 0.338 e. The van der Waals surface area contributed by atoms with Crippen LogP contribution in [0.3, 0.4) is 0 Å². The third kappa shape index (κ3) is 3.65. The van der Waals surface area contributed by atoms with E-state index in [0.29, 0.717) is 5.82 Å². The predicted molar refractivity (Wildman–Crippen MR) is 85.0 cm³/mol. The number of nitrogens with zero attached hydrogens (tertiary/aromatic N) is 2. The number of H-pyrrole nitrogens is 1. The lowest BCUT2D eigenvalue weighted by Gasteiger charge is -2.14. The molecule has 0 fully saturated rings. The average molecular weight is 318 g/mol. The number of rotatable bonds is 4. The number of carbonyl (C=O) groups is 1. The van der Waals surface area contributed by atoms with E-state index < -0.39 is 10.9 Å². The van der Waals surface area contributed by atoms with E-state index in [1.807, 2.05) is 20.8 Å². The van der Waals surface area contributed by atoms with Gasteiger partial charge >= 0.3 is 5.97 Å². The lowest BCUT2D eigenvalue weighted by Crippen LogP contribution is -2.11. The van der Waals surface area contributed by atoms with Crippen LogP contribution in [-0.4, -0.2) is 28.2 Å². The number of aromatic amines is 1. The second-order valence-electron chi connectivity index (χ2n) is 6.02. The van der Waals surface area contributed by atoms with Crippen molar-refractivity contribution in [3.63, 3.8) is 0 Å². The van der Waals surface area contributed by atoms with Gasteiger partial charge < -0.3 is 10.1 Å². The first kappa shape index (κ1) is 16.5. The summed E-state index contributed by atoms with van der Waals surface area (Å²) in [5.41, 5.74) is 0.909. The maximum atomic E-state index is 11.5. The van der Waals surface area contributed by atoms with Gasteiger partial charge in [-0.2, -0.15) is 5.10 Å². The van der Waals surface area contributed by atoms with Crippen LogP contribution < -0.4 is 5.32 Å². The number of ether oxygens (including phenoxy) is 1. The van der Waals surface area contributed by atoms with Gasteiger partial charge in [-0.1, -0.05) is 20.8 Å². The summed E-state index contributed by atoms with van der Waals surface area (Å²) in [6.45, 7) is 6.08. The molecule has 23 heavy (non-hydrogen) atoms. The number of hydrogen-bond donors (Lipinski definition) is 2. The number of carbonyl (C=O) groups excluding carboxylic acids is 1. The standard InChI is InChI=1S/C15H18N4O4/c1-15(2,3)12-8-13(18-17-12)16-10-6-5-9(14(20)23-4)7-11(10)19(21)22/h5-8H,1-4H3,(H2,16,17,18). The fourth-order valence-corrected chi connectivity index (χ4v) is 1.94. The maximum absolute atomic E-state index is 11.5. The van der Waals surface area contributed by atoms with Crippen molar-refractivity contribution in [3.8, 4) is 0 Å². The normalized spacial score (nSPS) is 11.1. The van der Waals surface area contributed by atoms with Crippen molar-refractivity contribution in [2.24, 2.45) is 0 Å². The molecular formula is C15H18N4O4. The minimum absolute atomic E-state index is 0.113. The Morgan fingerprint density at radius 2 is 2.04 bits per heavy atom. The highest BCUT2D eigenvalue weighted by Crippen LogP contribution is 2.30. The van der Waals surface area contributed by atoms with Crippen LogP contribution in [0.4, 0.5) is 17.2 Å². The molecule has 1 aromatic heterocycles. The molecule has 0 saturated carbocycles. The summed E-state index contributed by atoms with van der Waals surface area (Å²) in [5.74, 6) is -0.168. The van der Waals surface area contributed by atoms with E-state index in [4.69, 9.17) is 0 Å². The molecule has 0 aliphatic carbocycles. The van der Waals surface area contributed by atoms with Crippen LogP contribution in [0.15, 0.2) is 24.3 Å². The summed E-state index contributed by atoms with van der Waals surface area (Å²) in [7, 11) is 1.22. The summed E-state index contributed by atoms with van der Waals surface area (Å²) in [4.78, 5) is 22.2. The number of methoxy groups -OCH3 is 1. The number of hydrogen-bond acceptors (Lipinski definition) is 6. The second-order valence-corrected chi connectivity index (χ2v) is 6.02. The Bertz CT molecular complexity index is 746. The van der Waals surface area contributed by atoms with Gasteiger partial charge in [0, 0.05) is 23.2 Å². The quantitative estimate of drug-likeness (QED) is 0.509. The molecule has 0 atom stereocenters. The lowest BCUT2D eigenvalue weighted by atomic mass is 9.92. The Morgan fingerprint density at radius 3 is 2.57 bits per heavy atom. The molecule has 1 aromatic carbocycles. The molecule has 0 unspecified atom stereocenters. The van der Waals surface area contributed by atoms with E-state index in [2.05, 4.69) is 20.3 Å². The summed E-state index contributed by atoms with van der Waals surface area (Å²) in [6, 6.07) is 5.87. The molecule has 0 spiro atoms. The molecular weight excluding hydrogens is 300 g/mol. The van der Waals surface area contributed by atoms with Crippen LogP contribution in [0, 0.1) is 10.1 Å². The van der Waals surface area contributed by atoms with Crippen molar-refractivity contribution in [2.45, 2.75) is 26.2 Å². The van der Waals surface area contributed by atoms with Crippen LogP contribution in [0.5, 0.6) is 0 Å². The minimum Gasteiger partial charge on any atom is -0.465 e. The number of nitro groups is 1. The number of anilines is 2. The zero-order valence-electron chi connectivity index (χ0n) is 13.3. The molecule has 0 aliphatic heterocycles. The van der Waals surface area contributed by atoms with Gasteiger partial charge in [0.05, 0.1) is 17.6 Å². The first-order valence-corrected chi connectivity index (χ1v) is 6.92. The van der Waals surface area contributed by atoms with Gasteiger partial charge in [-0.3, -0.25) is 15.2 Å². The Morgan fingerprint density at radius 1 is 1.35 bits per heavy atom. The van der Waals surface area contributed by atoms with Gasteiger partial charge in [0.25, 0.3) is 5.69 Å². The van der Waals surface area contributed by atoms with Gasteiger partial charge in [0.1, 0.15) is 5.69 Å². The van der Waals surface area contributed by atoms with E-state index in [-0.39, 0.29) is 22.4 Å². The topological polar surface area (TPSA) is 110 Å². The highest BCUT2D eigenvalue weighted by Gasteiger charge is 2.20. The van der Waals surface area contributed by atoms with Crippen molar-refractivity contribution in [3.05, 3.63) is 45.6 Å². The summed E-state index contributed by atoms with van der Waals surface area (Å²) < 4.78 is 4.57. The van der Waals surface area contributed by atoms with Gasteiger partial charge in [-0.25, -0.2) is 4.79 Å². The predicted octanol–water partition coefficient (Wildman–Crippen LogP) is 3.15. The SMILES string of the molecule is COC(=O)c1ccc(Nc2cc(C(C)(C)C)[nH]n2)c([N+](=O)[O-])c1. The van der Waals surface area contributed by atoms with Crippen LogP contribution >= 0.6 is 0 Å².